The van der Waals surface area contributed by atoms with Crippen molar-refractivity contribution < 1.29 is 18.3 Å². The number of nitrogens with one attached hydrogen (secondary N) is 1. The van der Waals surface area contributed by atoms with Crippen LogP contribution in [-0.2, 0) is 0 Å². The van der Waals surface area contributed by atoms with Gasteiger partial charge in [0.25, 0.3) is 5.91 Å². The molecule has 1 amide bonds. The van der Waals surface area contributed by atoms with Crippen LogP contribution in [0.1, 0.15) is 16.2 Å². The van der Waals surface area contributed by atoms with Gasteiger partial charge in [0.2, 0.25) is 0 Å². The molecule has 0 saturated heterocycles. The fourth-order valence-corrected chi connectivity index (χ4v) is 2.38. The first kappa shape index (κ1) is 17.7. The molecule has 1 aromatic carbocycles. The Kier molecular flexibility index (Phi) is 5.08. The maximum absolute atomic E-state index is 12.4. The van der Waals surface area contributed by atoms with Gasteiger partial charge in [0.1, 0.15) is 5.75 Å². The largest absolute Gasteiger partial charge is 0.435 e. The zero-order valence-corrected chi connectivity index (χ0v) is 14.1. The van der Waals surface area contributed by atoms with E-state index in [1.807, 2.05) is 0 Å². The molecular weight excluding hydrogens is 368 g/mol. The lowest BCUT2D eigenvalue weighted by molar-refractivity contribution is -0.0498. The molecular formula is C16H12ClF2N5O2. The van der Waals surface area contributed by atoms with Crippen molar-refractivity contribution in [3.63, 3.8) is 0 Å². The van der Waals surface area contributed by atoms with E-state index >= 15 is 0 Å². The van der Waals surface area contributed by atoms with Crippen molar-refractivity contribution in [1.29, 1.82) is 0 Å². The molecule has 0 atom stereocenters. The second-order valence-corrected chi connectivity index (χ2v) is 5.46. The predicted molar refractivity (Wildman–Crippen MR) is 89.9 cm³/mol. The highest BCUT2D eigenvalue weighted by Crippen LogP contribution is 2.21. The van der Waals surface area contributed by atoms with Gasteiger partial charge in [-0.25, -0.2) is 9.67 Å². The Hall–Kier alpha value is -3.07. The first-order valence-electron chi connectivity index (χ1n) is 7.35. The summed E-state index contributed by atoms with van der Waals surface area (Å²) in [6.45, 7) is -1.24. The summed E-state index contributed by atoms with van der Waals surface area (Å²) < 4.78 is 30.1. The monoisotopic (exact) mass is 379 g/mol. The number of aromatic nitrogens is 4. The van der Waals surface area contributed by atoms with Gasteiger partial charge in [-0.3, -0.25) is 4.79 Å². The van der Waals surface area contributed by atoms with Crippen LogP contribution in [0.15, 0.2) is 42.6 Å². The average Bonchev–Trinajstić information content (AvgIpc) is 2.99. The molecule has 2 heterocycles. The molecule has 0 aliphatic rings. The Morgan fingerprint density at radius 2 is 2.00 bits per heavy atom. The molecule has 3 aromatic rings. The fourth-order valence-electron chi connectivity index (χ4n) is 2.21. The van der Waals surface area contributed by atoms with Crippen molar-refractivity contribution in [2.24, 2.45) is 0 Å². The van der Waals surface area contributed by atoms with Crippen LogP contribution >= 0.6 is 11.6 Å². The predicted octanol–water partition coefficient (Wildman–Crippen LogP) is 3.48. The maximum atomic E-state index is 12.4. The zero-order chi connectivity index (χ0) is 18.7. The van der Waals surface area contributed by atoms with E-state index in [-0.39, 0.29) is 16.6 Å². The number of benzene rings is 1. The zero-order valence-electron chi connectivity index (χ0n) is 13.4. The number of alkyl halides is 2. The summed E-state index contributed by atoms with van der Waals surface area (Å²) in [6.07, 6.45) is 1.50. The molecule has 0 unspecified atom stereocenters. The van der Waals surface area contributed by atoms with Crippen LogP contribution in [0.3, 0.4) is 0 Å². The molecule has 0 spiro atoms. The number of hydrogen-bond donors (Lipinski definition) is 1. The lowest BCUT2D eigenvalue weighted by Crippen LogP contribution is -2.14. The minimum atomic E-state index is -2.90. The number of rotatable bonds is 5. The number of hydrogen-bond acceptors (Lipinski definition) is 5. The molecule has 7 nitrogen and oxygen atoms in total. The second-order valence-electron chi connectivity index (χ2n) is 5.10. The van der Waals surface area contributed by atoms with E-state index in [0.29, 0.717) is 17.1 Å². The molecule has 26 heavy (non-hydrogen) atoms. The van der Waals surface area contributed by atoms with Crippen LogP contribution in [-0.4, -0.2) is 32.5 Å². The summed E-state index contributed by atoms with van der Waals surface area (Å²) in [5.41, 5.74) is 1.44. The van der Waals surface area contributed by atoms with E-state index < -0.39 is 12.5 Å². The third-order valence-corrected chi connectivity index (χ3v) is 3.72. The van der Waals surface area contributed by atoms with E-state index in [2.05, 4.69) is 25.3 Å². The molecule has 0 bridgehead atoms. The van der Waals surface area contributed by atoms with Crippen LogP contribution in [0.4, 0.5) is 14.5 Å². The number of nitrogens with zero attached hydrogens (tertiary/aromatic N) is 4. The Morgan fingerprint density at radius 3 is 2.65 bits per heavy atom. The Balaban J connectivity index is 1.81. The van der Waals surface area contributed by atoms with Gasteiger partial charge in [0, 0.05) is 6.20 Å². The summed E-state index contributed by atoms with van der Waals surface area (Å²) >= 11 is 5.92. The molecule has 2 aromatic heterocycles. The van der Waals surface area contributed by atoms with E-state index in [4.69, 9.17) is 11.6 Å². The lowest BCUT2D eigenvalue weighted by atomic mass is 10.2. The summed E-state index contributed by atoms with van der Waals surface area (Å²) in [5.74, 6) is -0.480. The molecule has 0 radical (unpaired) electrons. The van der Waals surface area contributed by atoms with Crippen LogP contribution < -0.4 is 10.1 Å². The van der Waals surface area contributed by atoms with Crippen molar-refractivity contribution in [1.82, 2.24) is 20.0 Å². The standard InChI is InChI=1S/C16H12ClF2N5O2/c1-9-13(15(25)21-12-3-2-8-20-14(12)17)22-23-24(9)10-4-6-11(7-5-10)26-16(18)19/h2-8,16H,1H3,(H,21,25). The summed E-state index contributed by atoms with van der Waals surface area (Å²) in [5, 5.41) is 10.6. The minimum Gasteiger partial charge on any atom is -0.435 e. The van der Waals surface area contributed by atoms with Crippen LogP contribution in [0.2, 0.25) is 5.15 Å². The molecule has 3 rings (SSSR count). The number of anilines is 1. The van der Waals surface area contributed by atoms with Crippen molar-refractivity contribution in [3.05, 3.63) is 59.1 Å². The van der Waals surface area contributed by atoms with Crippen LogP contribution in [0.25, 0.3) is 5.69 Å². The number of carbonyl (C=O) groups excluding carboxylic acids is 1. The second kappa shape index (κ2) is 7.44. The van der Waals surface area contributed by atoms with Gasteiger partial charge in [-0.1, -0.05) is 16.8 Å². The van der Waals surface area contributed by atoms with Crippen molar-refractivity contribution in [2.75, 3.05) is 5.32 Å². The third kappa shape index (κ3) is 3.77. The van der Waals surface area contributed by atoms with Crippen molar-refractivity contribution in [3.8, 4) is 11.4 Å². The number of amides is 1. The molecule has 0 aliphatic carbocycles. The third-order valence-electron chi connectivity index (χ3n) is 3.42. The number of pyridine rings is 1. The Morgan fingerprint density at radius 1 is 1.27 bits per heavy atom. The van der Waals surface area contributed by atoms with Gasteiger partial charge in [-0.05, 0) is 43.3 Å². The van der Waals surface area contributed by atoms with Gasteiger partial charge in [0.05, 0.1) is 17.1 Å². The van der Waals surface area contributed by atoms with Crippen molar-refractivity contribution in [2.45, 2.75) is 13.5 Å². The SMILES string of the molecule is Cc1c(C(=O)Nc2cccnc2Cl)nnn1-c1ccc(OC(F)F)cc1. The van der Waals surface area contributed by atoms with E-state index in [1.54, 1.807) is 19.1 Å². The highest BCUT2D eigenvalue weighted by atomic mass is 35.5. The summed E-state index contributed by atoms with van der Waals surface area (Å²) in [6, 6.07) is 9.04. The molecule has 134 valence electrons. The molecule has 10 heteroatoms. The van der Waals surface area contributed by atoms with Crippen molar-refractivity contribution >= 4 is 23.2 Å². The molecule has 0 fully saturated rings. The smallest absolute Gasteiger partial charge is 0.387 e. The highest BCUT2D eigenvalue weighted by molar-refractivity contribution is 6.32. The fraction of sp³-hybridized carbons (Fsp3) is 0.125. The number of halogens is 3. The van der Waals surface area contributed by atoms with E-state index in [0.717, 1.165) is 0 Å². The first-order chi connectivity index (χ1) is 12.5. The maximum Gasteiger partial charge on any atom is 0.387 e. The number of carbonyl (C=O) groups is 1. The number of ether oxygens (including phenoxy) is 1. The molecule has 1 N–H and O–H groups in total. The molecule has 0 aliphatic heterocycles. The summed E-state index contributed by atoms with van der Waals surface area (Å²) in [4.78, 5) is 16.3. The topological polar surface area (TPSA) is 81.9 Å². The minimum absolute atomic E-state index is 0.0192. The average molecular weight is 380 g/mol. The lowest BCUT2D eigenvalue weighted by Gasteiger charge is -2.07. The first-order valence-corrected chi connectivity index (χ1v) is 7.73. The van der Waals surface area contributed by atoms with Gasteiger partial charge in [-0.2, -0.15) is 8.78 Å². The quantitative estimate of drug-likeness (QED) is 0.686. The van der Waals surface area contributed by atoms with Gasteiger partial charge in [0.15, 0.2) is 10.8 Å². The van der Waals surface area contributed by atoms with Crippen LogP contribution in [0, 0.1) is 6.92 Å². The summed E-state index contributed by atoms with van der Waals surface area (Å²) in [7, 11) is 0. The normalized spacial score (nSPS) is 10.8. The highest BCUT2D eigenvalue weighted by Gasteiger charge is 2.18. The van der Waals surface area contributed by atoms with Gasteiger partial charge >= 0.3 is 6.61 Å². The van der Waals surface area contributed by atoms with E-state index in [1.165, 1.54) is 35.1 Å². The Bertz CT molecular complexity index is 931. The van der Waals surface area contributed by atoms with Gasteiger partial charge < -0.3 is 10.1 Å². The van der Waals surface area contributed by atoms with Gasteiger partial charge in [-0.15, -0.1) is 5.10 Å². The molecule has 0 saturated carbocycles. The van der Waals surface area contributed by atoms with E-state index in [9.17, 15) is 13.6 Å². The Labute approximate surface area is 151 Å². The van der Waals surface area contributed by atoms with Crippen LogP contribution in [0.5, 0.6) is 5.75 Å².